The van der Waals surface area contributed by atoms with E-state index in [1.165, 1.54) is 28.4 Å². The van der Waals surface area contributed by atoms with Crippen molar-refractivity contribution in [1.82, 2.24) is 9.88 Å². The van der Waals surface area contributed by atoms with Gasteiger partial charge in [0.1, 0.15) is 16.7 Å². The first-order chi connectivity index (χ1) is 11.9. The fourth-order valence-electron chi connectivity index (χ4n) is 2.08. The summed E-state index contributed by atoms with van der Waals surface area (Å²) in [5.41, 5.74) is 1.10. The number of aryl methyl sites for hydroxylation is 1. The lowest BCUT2D eigenvalue weighted by Crippen LogP contribution is -2.36. The summed E-state index contributed by atoms with van der Waals surface area (Å²) in [6.45, 7) is 1.61. The zero-order chi connectivity index (χ0) is 18.0. The van der Waals surface area contributed by atoms with Crippen molar-refractivity contribution in [3.8, 4) is 0 Å². The Balaban J connectivity index is 1.71. The molecule has 5 nitrogen and oxygen atoms in total. The highest BCUT2D eigenvalue weighted by atomic mass is 32.2. The topological polar surface area (TPSA) is 62.3 Å². The summed E-state index contributed by atoms with van der Waals surface area (Å²) in [5, 5.41) is 4.91. The fraction of sp³-hybridized carbons (Fsp3) is 0.125. The Morgan fingerprint density at radius 3 is 2.88 bits per heavy atom. The number of benzene rings is 1. The van der Waals surface area contributed by atoms with Crippen molar-refractivity contribution in [3.05, 3.63) is 51.6 Å². The molecule has 3 rings (SSSR count). The van der Waals surface area contributed by atoms with Crippen LogP contribution in [0.1, 0.15) is 11.3 Å². The van der Waals surface area contributed by atoms with E-state index in [-0.39, 0.29) is 15.8 Å². The van der Waals surface area contributed by atoms with E-state index >= 15 is 0 Å². The van der Waals surface area contributed by atoms with Gasteiger partial charge in [-0.1, -0.05) is 42.2 Å². The second-order valence-electron chi connectivity index (χ2n) is 5.13. The number of aromatic nitrogens is 1. The van der Waals surface area contributed by atoms with Crippen molar-refractivity contribution in [1.29, 1.82) is 0 Å². The van der Waals surface area contributed by atoms with Gasteiger partial charge < -0.3 is 5.32 Å². The van der Waals surface area contributed by atoms with E-state index in [1.54, 1.807) is 18.2 Å². The largest absolute Gasteiger partial charge is 0.300 e. The van der Waals surface area contributed by atoms with E-state index in [2.05, 4.69) is 10.3 Å². The number of halogens is 1. The van der Waals surface area contributed by atoms with Crippen LogP contribution in [-0.4, -0.2) is 32.6 Å². The molecule has 1 N–H and O–H groups in total. The van der Waals surface area contributed by atoms with Gasteiger partial charge in [0.05, 0.1) is 10.6 Å². The Kier molecular flexibility index (Phi) is 5.26. The maximum absolute atomic E-state index is 13.7. The number of amides is 2. The lowest BCUT2D eigenvalue weighted by atomic mass is 10.2. The van der Waals surface area contributed by atoms with Gasteiger partial charge >= 0.3 is 0 Å². The second kappa shape index (κ2) is 7.42. The van der Waals surface area contributed by atoms with E-state index in [4.69, 9.17) is 12.2 Å². The van der Waals surface area contributed by atoms with Crippen LogP contribution in [0, 0.1) is 12.7 Å². The van der Waals surface area contributed by atoms with Gasteiger partial charge in [-0.15, -0.1) is 11.3 Å². The van der Waals surface area contributed by atoms with Crippen LogP contribution >= 0.6 is 35.3 Å². The first-order valence-electron chi connectivity index (χ1n) is 7.16. The van der Waals surface area contributed by atoms with Crippen LogP contribution in [0.25, 0.3) is 6.08 Å². The molecule has 1 aromatic heterocycles. The maximum Gasteiger partial charge on any atom is 0.266 e. The summed E-state index contributed by atoms with van der Waals surface area (Å²) in [7, 11) is 0. The zero-order valence-electron chi connectivity index (χ0n) is 13.0. The molecule has 2 aromatic rings. The Hall–Kier alpha value is -2.10. The number of rotatable bonds is 4. The third-order valence-electron chi connectivity index (χ3n) is 3.23. The highest BCUT2D eigenvalue weighted by molar-refractivity contribution is 8.26. The minimum Gasteiger partial charge on any atom is -0.300 e. The Labute approximate surface area is 156 Å². The number of thioether (sulfide) groups is 1. The van der Waals surface area contributed by atoms with Gasteiger partial charge in [-0.25, -0.2) is 9.37 Å². The lowest BCUT2D eigenvalue weighted by Gasteiger charge is -2.13. The lowest BCUT2D eigenvalue weighted by molar-refractivity contribution is -0.126. The minimum absolute atomic E-state index is 0.210. The molecule has 25 heavy (non-hydrogen) atoms. The number of thiazole rings is 1. The quantitative estimate of drug-likeness (QED) is 0.637. The monoisotopic (exact) mass is 393 g/mol. The minimum atomic E-state index is -0.426. The highest BCUT2D eigenvalue weighted by Gasteiger charge is 2.33. The zero-order valence-corrected chi connectivity index (χ0v) is 15.4. The molecule has 0 saturated carbocycles. The first kappa shape index (κ1) is 17.7. The molecule has 1 aliphatic rings. The van der Waals surface area contributed by atoms with Crippen LogP contribution in [0.2, 0.25) is 0 Å². The number of carbonyl (C=O) groups excluding carboxylic acids is 2. The molecule has 0 aliphatic carbocycles. The number of nitrogens with zero attached hydrogens (tertiary/aromatic N) is 2. The molecule has 0 unspecified atom stereocenters. The molecule has 1 fully saturated rings. The molecule has 128 valence electrons. The Bertz CT molecular complexity index is 894. The van der Waals surface area contributed by atoms with E-state index < -0.39 is 17.6 Å². The molecule has 9 heteroatoms. The maximum atomic E-state index is 13.7. The standard InChI is InChI=1S/C16H12FN3O2S3/c1-9-8-24-15(18-9)19-13(21)7-20-14(22)12(25-16(20)23)6-10-4-2-3-5-11(10)17/h2-6,8H,7H2,1H3,(H,18,19,21)/b12-6-. The number of hydrogen-bond acceptors (Lipinski definition) is 6. The SMILES string of the molecule is Cc1csc(NC(=O)CN2C(=O)/C(=C/c3ccccc3F)SC2=S)n1. The number of hydrogen-bond donors (Lipinski definition) is 1. The summed E-state index contributed by atoms with van der Waals surface area (Å²) in [6.07, 6.45) is 1.44. The Morgan fingerprint density at radius 1 is 1.44 bits per heavy atom. The second-order valence-corrected chi connectivity index (χ2v) is 7.67. The van der Waals surface area contributed by atoms with Crippen molar-refractivity contribution in [3.63, 3.8) is 0 Å². The molecule has 0 bridgehead atoms. The van der Waals surface area contributed by atoms with Gasteiger partial charge in [-0.2, -0.15) is 0 Å². The molecule has 2 heterocycles. The summed E-state index contributed by atoms with van der Waals surface area (Å²) >= 11 is 7.52. The molecular formula is C16H12FN3O2S3. The number of carbonyl (C=O) groups is 2. The first-order valence-corrected chi connectivity index (χ1v) is 9.26. The van der Waals surface area contributed by atoms with E-state index in [1.807, 2.05) is 12.3 Å². The molecule has 2 amide bonds. The van der Waals surface area contributed by atoms with E-state index in [0.29, 0.717) is 10.7 Å². The predicted octanol–water partition coefficient (Wildman–Crippen LogP) is 3.43. The number of anilines is 1. The van der Waals surface area contributed by atoms with Crippen LogP contribution in [0.3, 0.4) is 0 Å². The van der Waals surface area contributed by atoms with E-state index in [9.17, 15) is 14.0 Å². The van der Waals surface area contributed by atoms with Gasteiger partial charge in [0.15, 0.2) is 5.13 Å². The van der Waals surface area contributed by atoms with Crippen molar-refractivity contribution in [2.75, 3.05) is 11.9 Å². The molecule has 0 radical (unpaired) electrons. The predicted molar refractivity (Wildman–Crippen MR) is 102 cm³/mol. The Morgan fingerprint density at radius 2 is 2.20 bits per heavy atom. The van der Waals surface area contributed by atoms with Crippen molar-refractivity contribution in [2.24, 2.45) is 0 Å². The molecular weight excluding hydrogens is 381 g/mol. The molecule has 0 spiro atoms. The molecule has 0 atom stereocenters. The average molecular weight is 393 g/mol. The van der Waals surface area contributed by atoms with Gasteiger partial charge in [0, 0.05) is 10.9 Å². The van der Waals surface area contributed by atoms with Crippen LogP contribution in [0.4, 0.5) is 9.52 Å². The van der Waals surface area contributed by atoms with Crippen LogP contribution in [0.15, 0.2) is 34.6 Å². The van der Waals surface area contributed by atoms with Gasteiger partial charge in [-0.05, 0) is 19.1 Å². The fourth-order valence-corrected chi connectivity index (χ4v) is 4.03. The van der Waals surface area contributed by atoms with E-state index in [0.717, 1.165) is 17.5 Å². The summed E-state index contributed by atoms with van der Waals surface area (Å²) in [4.78, 5) is 30.2. The molecule has 1 aliphatic heterocycles. The van der Waals surface area contributed by atoms with Crippen molar-refractivity contribution in [2.45, 2.75) is 6.92 Å². The summed E-state index contributed by atoms with van der Waals surface area (Å²) in [5.74, 6) is -1.23. The van der Waals surface area contributed by atoms with Gasteiger partial charge in [-0.3, -0.25) is 14.5 Å². The molecule has 1 aromatic carbocycles. The van der Waals surface area contributed by atoms with Crippen LogP contribution in [0.5, 0.6) is 0 Å². The number of nitrogens with one attached hydrogen (secondary N) is 1. The van der Waals surface area contributed by atoms with Crippen molar-refractivity contribution < 1.29 is 14.0 Å². The van der Waals surface area contributed by atoms with Crippen molar-refractivity contribution >= 4 is 62.7 Å². The molecule has 1 saturated heterocycles. The van der Waals surface area contributed by atoms with Crippen LogP contribution < -0.4 is 5.32 Å². The van der Waals surface area contributed by atoms with Crippen LogP contribution in [-0.2, 0) is 9.59 Å². The smallest absolute Gasteiger partial charge is 0.266 e. The third kappa shape index (κ3) is 4.12. The van der Waals surface area contributed by atoms with Gasteiger partial charge in [0.25, 0.3) is 5.91 Å². The van der Waals surface area contributed by atoms with Gasteiger partial charge in [0.2, 0.25) is 5.91 Å². The average Bonchev–Trinajstić information content (AvgIpc) is 3.08. The highest BCUT2D eigenvalue weighted by Crippen LogP contribution is 2.32. The summed E-state index contributed by atoms with van der Waals surface area (Å²) < 4.78 is 14.0. The normalized spacial score (nSPS) is 15.9. The third-order valence-corrected chi connectivity index (χ3v) is 5.49. The summed E-state index contributed by atoms with van der Waals surface area (Å²) in [6, 6.07) is 6.14. The number of thiocarbonyl (C=S) groups is 1.